The molecule has 0 aliphatic carbocycles. The number of nitrogens with zero attached hydrogens (tertiary/aromatic N) is 3. The summed E-state index contributed by atoms with van der Waals surface area (Å²) < 4.78 is 2.04. The van der Waals surface area contributed by atoms with E-state index in [1.807, 2.05) is 76.2 Å². The van der Waals surface area contributed by atoms with Crippen LogP contribution in [0.3, 0.4) is 0 Å². The monoisotopic (exact) mass is 428 g/mol. The molecular weight excluding hydrogens is 404 g/mol. The smallest absolute Gasteiger partial charge is 0.253 e. The van der Waals surface area contributed by atoms with E-state index in [2.05, 4.69) is 28.6 Å². The van der Waals surface area contributed by atoms with E-state index in [1.54, 1.807) is 11.8 Å². The average Bonchev–Trinajstić information content (AvgIpc) is 3.45. The van der Waals surface area contributed by atoms with Crippen molar-refractivity contribution in [3.05, 3.63) is 96.4 Å². The summed E-state index contributed by atoms with van der Waals surface area (Å²) in [5, 5.41) is 3.52. The molecule has 0 radical (unpaired) electrons. The van der Waals surface area contributed by atoms with E-state index in [9.17, 15) is 4.79 Å². The molecule has 1 amide bonds. The Balaban J connectivity index is 1.16. The van der Waals surface area contributed by atoms with Gasteiger partial charge in [-0.2, -0.15) is 0 Å². The van der Waals surface area contributed by atoms with Crippen molar-refractivity contribution < 1.29 is 4.79 Å². The van der Waals surface area contributed by atoms with E-state index >= 15 is 0 Å². The van der Waals surface area contributed by atoms with Crippen LogP contribution in [-0.2, 0) is 5.75 Å². The molecule has 0 spiro atoms. The Bertz CT molecular complexity index is 1140. The van der Waals surface area contributed by atoms with Gasteiger partial charge in [0.05, 0.1) is 5.69 Å². The van der Waals surface area contributed by atoms with Crippen LogP contribution in [0.1, 0.15) is 22.5 Å². The van der Waals surface area contributed by atoms with Gasteiger partial charge in [-0.3, -0.25) is 4.79 Å². The molecule has 1 saturated heterocycles. The summed E-state index contributed by atoms with van der Waals surface area (Å²) in [6.07, 6.45) is 5.04. The van der Waals surface area contributed by atoms with Crippen LogP contribution in [0.5, 0.6) is 0 Å². The molecule has 2 aromatic carbocycles. The Morgan fingerprint density at radius 3 is 2.65 bits per heavy atom. The third-order valence-corrected chi connectivity index (χ3v) is 6.57. The molecule has 1 aliphatic rings. The highest BCUT2D eigenvalue weighted by molar-refractivity contribution is 7.98. The van der Waals surface area contributed by atoms with Crippen molar-refractivity contribution in [2.75, 3.05) is 18.4 Å². The van der Waals surface area contributed by atoms with Gasteiger partial charge in [0.25, 0.3) is 5.91 Å². The molecule has 5 rings (SSSR count). The fourth-order valence-corrected chi connectivity index (χ4v) is 4.71. The molecule has 0 saturated carbocycles. The van der Waals surface area contributed by atoms with Crippen molar-refractivity contribution in [2.45, 2.75) is 23.1 Å². The van der Waals surface area contributed by atoms with Crippen molar-refractivity contribution in [3.8, 4) is 0 Å². The van der Waals surface area contributed by atoms with Crippen LogP contribution in [0.4, 0.5) is 5.69 Å². The number of carbonyl (C=O) groups is 1. The third kappa shape index (κ3) is 4.59. The lowest BCUT2D eigenvalue weighted by atomic mass is 10.2. The predicted molar refractivity (Wildman–Crippen MR) is 126 cm³/mol. The molecule has 1 N–H and O–H groups in total. The van der Waals surface area contributed by atoms with Gasteiger partial charge in [-0.25, -0.2) is 4.98 Å². The Morgan fingerprint density at radius 2 is 1.84 bits per heavy atom. The van der Waals surface area contributed by atoms with Crippen molar-refractivity contribution in [1.29, 1.82) is 0 Å². The van der Waals surface area contributed by atoms with E-state index in [0.717, 1.165) is 52.8 Å². The maximum absolute atomic E-state index is 12.9. The zero-order valence-corrected chi connectivity index (χ0v) is 18.0. The van der Waals surface area contributed by atoms with Gasteiger partial charge in [0.2, 0.25) is 0 Å². The molecule has 2 aromatic heterocycles. The number of nitrogens with one attached hydrogen (secondary N) is 1. The summed E-state index contributed by atoms with van der Waals surface area (Å²) in [4.78, 5) is 20.6. The zero-order chi connectivity index (χ0) is 21.0. The van der Waals surface area contributed by atoms with Gasteiger partial charge in [0, 0.05) is 53.4 Å². The number of carbonyl (C=O) groups excluding carboxylic acids is 1. The summed E-state index contributed by atoms with van der Waals surface area (Å²) in [6, 6.07) is 24.4. The molecule has 1 atom stereocenters. The lowest BCUT2D eigenvalue weighted by Gasteiger charge is -2.18. The molecule has 4 aromatic rings. The van der Waals surface area contributed by atoms with Gasteiger partial charge in [-0.1, -0.05) is 24.3 Å². The number of fused-ring (bicyclic) bond motifs is 1. The quantitative estimate of drug-likeness (QED) is 0.441. The maximum atomic E-state index is 12.9. The van der Waals surface area contributed by atoms with Crippen LogP contribution in [0, 0.1) is 0 Å². The summed E-state index contributed by atoms with van der Waals surface area (Å²) in [6.45, 7) is 1.52. The van der Waals surface area contributed by atoms with Gasteiger partial charge in [0.1, 0.15) is 5.65 Å². The first-order chi connectivity index (χ1) is 15.2. The molecule has 1 fully saturated rings. The lowest BCUT2D eigenvalue weighted by molar-refractivity contribution is 0.0791. The standard InChI is InChI=1S/C25H24N4OS/c30-25(29-15-13-21(16-29)26-20-6-2-1-3-7-20)19-9-11-23(12-10-19)31-18-22-17-28-14-5-4-8-24(28)27-22/h1-12,14,17,21,26H,13,15-16,18H2. The average molecular weight is 429 g/mol. The van der Waals surface area contributed by atoms with Gasteiger partial charge in [0.15, 0.2) is 0 Å². The molecule has 5 nitrogen and oxygen atoms in total. The minimum atomic E-state index is 0.106. The SMILES string of the molecule is O=C(c1ccc(SCc2cn3ccccc3n2)cc1)N1CCC(Nc2ccccc2)C1. The van der Waals surface area contributed by atoms with E-state index in [-0.39, 0.29) is 5.91 Å². The Hall–Kier alpha value is -3.25. The predicted octanol–water partition coefficient (Wildman–Crippen LogP) is 4.95. The lowest BCUT2D eigenvalue weighted by Crippen LogP contribution is -2.31. The number of amides is 1. The molecule has 1 unspecified atom stereocenters. The second-order valence-corrected chi connectivity index (χ2v) is 8.81. The molecular formula is C25H24N4OS. The number of likely N-dealkylation sites (tertiary alicyclic amines) is 1. The number of thioether (sulfide) groups is 1. The topological polar surface area (TPSA) is 49.6 Å². The summed E-state index contributed by atoms with van der Waals surface area (Å²) in [5.41, 5.74) is 3.86. The number of para-hydroxylation sites is 1. The largest absolute Gasteiger partial charge is 0.380 e. The molecule has 3 heterocycles. The molecule has 0 bridgehead atoms. The number of anilines is 1. The van der Waals surface area contributed by atoms with Crippen molar-refractivity contribution in [1.82, 2.24) is 14.3 Å². The van der Waals surface area contributed by atoms with Crippen LogP contribution in [0.2, 0.25) is 0 Å². The fraction of sp³-hybridized carbons (Fsp3) is 0.200. The van der Waals surface area contributed by atoms with Gasteiger partial charge in [-0.15, -0.1) is 11.8 Å². The number of imidazole rings is 1. The van der Waals surface area contributed by atoms with Crippen LogP contribution >= 0.6 is 11.8 Å². The van der Waals surface area contributed by atoms with E-state index in [4.69, 9.17) is 0 Å². The Kier molecular flexibility index (Phi) is 5.63. The van der Waals surface area contributed by atoms with E-state index < -0.39 is 0 Å². The first-order valence-corrected chi connectivity index (χ1v) is 11.5. The van der Waals surface area contributed by atoms with Crippen LogP contribution in [0.15, 0.2) is 90.1 Å². The second-order valence-electron chi connectivity index (χ2n) is 7.76. The summed E-state index contributed by atoms with van der Waals surface area (Å²) in [5.74, 6) is 0.905. The number of hydrogen-bond acceptors (Lipinski definition) is 4. The highest BCUT2D eigenvalue weighted by Crippen LogP contribution is 2.24. The normalized spacial score (nSPS) is 16.0. The first-order valence-electron chi connectivity index (χ1n) is 10.5. The molecule has 6 heteroatoms. The van der Waals surface area contributed by atoms with Crippen molar-refractivity contribution in [3.63, 3.8) is 0 Å². The number of rotatable bonds is 6. The van der Waals surface area contributed by atoms with E-state index in [0.29, 0.717) is 6.04 Å². The summed E-state index contributed by atoms with van der Waals surface area (Å²) >= 11 is 1.73. The third-order valence-electron chi connectivity index (χ3n) is 5.52. The Labute approximate surface area is 186 Å². The zero-order valence-electron chi connectivity index (χ0n) is 17.1. The Morgan fingerprint density at radius 1 is 1.03 bits per heavy atom. The fourth-order valence-electron chi connectivity index (χ4n) is 3.92. The molecule has 31 heavy (non-hydrogen) atoms. The van der Waals surface area contributed by atoms with Crippen LogP contribution in [0.25, 0.3) is 5.65 Å². The van der Waals surface area contributed by atoms with Crippen LogP contribution < -0.4 is 5.32 Å². The number of benzene rings is 2. The number of aromatic nitrogens is 2. The minimum absolute atomic E-state index is 0.106. The number of pyridine rings is 1. The molecule has 1 aliphatic heterocycles. The highest BCUT2D eigenvalue weighted by atomic mass is 32.2. The maximum Gasteiger partial charge on any atom is 0.253 e. The first kappa shape index (κ1) is 19.7. The van der Waals surface area contributed by atoms with Crippen LogP contribution in [-0.4, -0.2) is 39.3 Å². The van der Waals surface area contributed by atoms with Crippen molar-refractivity contribution in [2.24, 2.45) is 0 Å². The van der Waals surface area contributed by atoms with Gasteiger partial charge < -0.3 is 14.6 Å². The highest BCUT2D eigenvalue weighted by Gasteiger charge is 2.26. The summed E-state index contributed by atoms with van der Waals surface area (Å²) in [7, 11) is 0. The van der Waals surface area contributed by atoms with E-state index in [1.165, 1.54) is 0 Å². The minimum Gasteiger partial charge on any atom is -0.380 e. The second kappa shape index (κ2) is 8.86. The van der Waals surface area contributed by atoms with Gasteiger partial charge in [-0.05, 0) is 55.0 Å². The van der Waals surface area contributed by atoms with Gasteiger partial charge >= 0.3 is 0 Å². The molecule has 156 valence electrons. The number of hydrogen-bond donors (Lipinski definition) is 1. The van der Waals surface area contributed by atoms with Crippen molar-refractivity contribution >= 4 is 29.0 Å².